The number of aromatic amines is 1. The zero-order chi connectivity index (χ0) is 24.5. The predicted molar refractivity (Wildman–Crippen MR) is 123 cm³/mol. The minimum absolute atomic E-state index is 0.0400. The highest BCUT2D eigenvalue weighted by Gasteiger charge is 2.40. The molecule has 1 unspecified atom stereocenters. The van der Waals surface area contributed by atoms with Gasteiger partial charge < -0.3 is 5.32 Å². The Morgan fingerprint density at radius 2 is 1.91 bits per heavy atom. The molecule has 1 aliphatic heterocycles. The minimum atomic E-state index is -3.78. The zero-order valence-corrected chi connectivity index (χ0v) is 19.6. The number of sulfonamides is 1. The van der Waals surface area contributed by atoms with Crippen LogP contribution in [0.15, 0.2) is 54.7 Å². The highest BCUT2D eigenvalue weighted by Crippen LogP contribution is 2.38. The van der Waals surface area contributed by atoms with E-state index in [2.05, 4.69) is 15.5 Å². The average molecular weight is 489 g/mol. The van der Waals surface area contributed by atoms with Crippen molar-refractivity contribution < 1.29 is 22.0 Å². The van der Waals surface area contributed by atoms with Crippen molar-refractivity contribution in [1.29, 1.82) is 0 Å². The van der Waals surface area contributed by atoms with Crippen LogP contribution in [0.1, 0.15) is 65.2 Å². The first-order valence-electron chi connectivity index (χ1n) is 11.0. The summed E-state index contributed by atoms with van der Waals surface area (Å²) in [7, 11) is -3.78. The predicted octanol–water partition coefficient (Wildman–Crippen LogP) is 4.23. The standard InChI is InChI=1S/C24H26F2N4O3S/c1-15-8-9-23(17-6-4-3-5-7-17)34(32,33)30(15)14-18-12-21(26)19(13-20(18)25)16(2)28-24(31)22-10-11-27-29-22/h3-7,10-13,15-16,23H,8-9,14H2,1-2H3,(H,27,29)(H,28,31)/t15-,16?,23+/m1/s1. The maximum Gasteiger partial charge on any atom is 0.272 e. The van der Waals surface area contributed by atoms with Gasteiger partial charge in [-0.1, -0.05) is 30.3 Å². The van der Waals surface area contributed by atoms with Crippen LogP contribution >= 0.6 is 0 Å². The fraction of sp³-hybridized carbons (Fsp3) is 0.333. The lowest BCUT2D eigenvalue weighted by atomic mass is 10.0. The van der Waals surface area contributed by atoms with Gasteiger partial charge in [0.1, 0.15) is 22.6 Å². The molecule has 0 bridgehead atoms. The van der Waals surface area contributed by atoms with E-state index >= 15 is 4.39 Å². The van der Waals surface area contributed by atoms with Gasteiger partial charge in [-0.3, -0.25) is 9.89 Å². The first-order valence-corrected chi connectivity index (χ1v) is 12.5. The lowest BCUT2D eigenvalue weighted by Crippen LogP contribution is -2.44. The van der Waals surface area contributed by atoms with Crippen molar-refractivity contribution in [3.63, 3.8) is 0 Å². The topological polar surface area (TPSA) is 95.2 Å². The van der Waals surface area contributed by atoms with Gasteiger partial charge in [0.15, 0.2) is 0 Å². The molecule has 7 nitrogen and oxygen atoms in total. The molecular weight excluding hydrogens is 462 g/mol. The molecule has 3 aromatic rings. The summed E-state index contributed by atoms with van der Waals surface area (Å²) in [6, 6.07) is 11.2. The van der Waals surface area contributed by atoms with E-state index in [0.29, 0.717) is 18.4 Å². The summed E-state index contributed by atoms with van der Waals surface area (Å²) in [4.78, 5) is 12.2. The van der Waals surface area contributed by atoms with Gasteiger partial charge in [-0.15, -0.1) is 0 Å². The molecule has 0 spiro atoms. The average Bonchev–Trinajstić information content (AvgIpc) is 3.34. The molecule has 1 fully saturated rings. The number of halogens is 2. The lowest BCUT2D eigenvalue weighted by Gasteiger charge is -2.37. The summed E-state index contributed by atoms with van der Waals surface area (Å²) in [5.41, 5.74) is 0.711. The van der Waals surface area contributed by atoms with E-state index in [0.717, 1.165) is 12.1 Å². The minimum Gasteiger partial charge on any atom is -0.344 e. The van der Waals surface area contributed by atoms with Gasteiger partial charge in [-0.05, 0) is 50.5 Å². The molecule has 0 saturated carbocycles. The second-order valence-electron chi connectivity index (χ2n) is 8.54. The Bertz CT molecular complexity index is 1270. The molecule has 1 saturated heterocycles. The van der Waals surface area contributed by atoms with Gasteiger partial charge >= 0.3 is 0 Å². The Balaban J connectivity index is 1.56. The largest absolute Gasteiger partial charge is 0.344 e. The molecule has 2 N–H and O–H groups in total. The zero-order valence-electron chi connectivity index (χ0n) is 18.8. The Morgan fingerprint density at radius 3 is 2.59 bits per heavy atom. The summed E-state index contributed by atoms with van der Waals surface area (Å²) in [5.74, 6) is -1.99. The van der Waals surface area contributed by atoms with Crippen molar-refractivity contribution in [2.75, 3.05) is 0 Å². The fourth-order valence-corrected chi connectivity index (χ4v) is 6.50. The number of amides is 1. The maximum atomic E-state index is 15.0. The second-order valence-corrected chi connectivity index (χ2v) is 10.6. The van der Waals surface area contributed by atoms with Crippen molar-refractivity contribution in [2.24, 2.45) is 0 Å². The SMILES string of the molecule is CC(NC(=O)c1cc[nH]n1)c1cc(F)c(CN2[C@H](C)CC[C@@H](c3ccccc3)S2(=O)=O)cc1F. The summed E-state index contributed by atoms with van der Waals surface area (Å²) in [5, 5.41) is 8.13. The first kappa shape index (κ1) is 24.0. The van der Waals surface area contributed by atoms with Crippen LogP contribution < -0.4 is 5.32 Å². The van der Waals surface area contributed by atoms with E-state index in [1.807, 2.05) is 6.07 Å². The number of nitrogens with one attached hydrogen (secondary N) is 2. The second kappa shape index (κ2) is 9.63. The number of hydrogen-bond acceptors (Lipinski definition) is 4. The highest BCUT2D eigenvalue weighted by atomic mass is 32.2. The van der Waals surface area contributed by atoms with Gasteiger partial charge in [0, 0.05) is 29.9 Å². The quantitative estimate of drug-likeness (QED) is 0.543. The van der Waals surface area contributed by atoms with E-state index in [1.165, 1.54) is 23.5 Å². The molecule has 0 aliphatic carbocycles. The van der Waals surface area contributed by atoms with Crippen molar-refractivity contribution in [3.05, 3.63) is 88.7 Å². The molecule has 3 atom stereocenters. The normalized spacial score (nSPS) is 21.2. The van der Waals surface area contributed by atoms with Crippen molar-refractivity contribution in [2.45, 2.75) is 50.6 Å². The summed E-state index contributed by atoms with van der Waals surface area (Å²) in [6.45, 7) is 3.03. The van der Waals surface area contributed by atoms with Gasteiger partial charge in [0.2, 0.25) is 10.0 Å². The van der Waals surface area contributed by atoms with Crippen LogP contribution in [0.5, 0.6) is 0 Å². The van der Waals surface area contributed by atoms with Gasteiger partial charge in [-0.2, -0.15) is 9.40 Å². The van der Waals surface area contributed by atoms with Gasteiger partial charge in [0.05, 0.1) is 6.04 Å². The van der Waals surface area contributed by atoms with Crippen LogP contribution in [-0.4, -0.2) is 34.9 Å². The number of rotatable bonds is 6. The number of carbonyl (C=O) groups excluding carboxylic acids is 1. The molecule has 10 heteroatoms. The van der Waals surface area contributed by atoms with Crippen LogP contribution in [-0.2, 0) is 16.6 Å². The molecule has 1 aliphatic rings. The Morgan fingerprint density at radius 1 is 1.18 bits per heavy atom. The van der Waals surface area contributed by atoms with Crippen LogP contribution in [0.25, 0.3) is 0 Å². The van der Waals surface area contributed by atoms with Crippen molar-refractivity contribution in [3.8, 4) is 0 Å². The molecule has 180 valence electrons. The van der Waals surface area contributed by atoms with E-state index in [4.69, 9.17) is 0 Å². The third kappa shape index (κ3) is 4.74. The molecule has 34 heavy (non-hydrogen) atoms. The van der Waals surface area contributed by atoms with E-state index in [-0.39, 0.29) is 29.4 Å². The first-order chi connectivity index (χ1) is 16.2. The number of nitrogens with zero attached hydrogens (tertiary/aromatic N) is 2. The molecule has 0 radical (unpaired) electrons. The number of aromatic nitrogens is 2. The van der Waals surface area contributed by atoms with Crippen LogP contribution in [0, 0.1) is 11.6 Å². The number of benzene rings is 2. The third-order valence-electron chi connectivity index (χ3n) is 6.24. The number of H-pyrrole nitrogens is 1. The highest BCUT2D eigenvalue weighted by molar-refractivity contribution is 7.89. The molecule has 1 aromatic heterocycles. The molecule has 2 aromatic carbocycles. The Kier molecular flexibility index (Phi) is 6.81. The van der Waals surface area contributed by atoms with Crippen molar-refractivity contribution >= 4 is 15.9 Å². The van der Waals surface area contributed by atoms with Crippen LogP contribution in [0.3, 0.4) is 0 Å². The van der Waals surface area contributed by atoms with E-state index in [9.17, 15) is 17.6 Å². The third-order valence-corrected chi connectivity index (χ3v) is 8.61. The Labute approximate surface area is 197 Å². The Hall–Kier alpha value is -3.11. The van der Waals surface area contributed by atoms with E-state index < -0.39 is 38.9 Å². The smallest absolute Gasteiger partial charge is 0.272 e. The van der Waals surface area contributed by atoms with Crippen LogP contribution in [0.2, 0.25) is 0 Å². The molecule has 2 heterocycles. The monoisotopic (exact) mass is 488 g/mol. The number of hydrogen-bond donors (Lipinski definition) is 2. The molecule has 1 amide bonds. The van der Waals surface area contributed by atoms with Gasteiger partial charge in [0.25, 0.3) is 5.91 Å². The van der Waals surface area contributed by atoms with E-state index in [1.54, 1.807) is 31.2 Å². The van der Waals surface area contributed by atoms with Gasteiger partial charge in [-0.25, -0.2) is 17.2 Å². The molecule has 4 rings (SSSR count). The summed E-state index contributed by atoms with van der Waals surface area (Å²) in [6.07, 6.45) is 2.55. The summed E-state index contributed by atoms with van der Waals surface area (Å²) < 4.78 is 58.0. The van der Waals surface area contributed by atoms with Crippen molar-refractivity contribution in [1.82, 2.24) is 19.8 Å². The molecular formula is C24H26F2N4O3S. The maximum absolute atomic E-state index is 15.0. The van der Waals surface area contributed by atoms with Crippen LogP contribution in [0.4, 0.5) is 8.78 Å². The summed E-state index contributed by atoms with van der Waals surface area (Å²) >= 11 is 0. The number of carbonyl (C=O) groups is 1. The fourth-order valence-electron chi connectivity index (χ4n) is 4.31. The lowest BCUT2D eigenvalue weighted by molar-refractivity contribution is 0.0934.